The molecule has 1 N–H and O–H groups in total. The smallest absolute Gasteiger partial charge is 0.310 e. The maximum atomic E-state index is 11.7. The van der Waals surface area contributed by atoms with Crippen molar-refractivity contribution in [3.05, 3.63) is 28.8 Å². The monoisotopic (exact) mass is 328 g/mol. The Morgan fingerprint density at radius 3 is 2.76 bits per heavy atom. The first-order valence-electron chi connectivity index (χ1n) is 6.78. The number of Topliss-reactive ketones (excluding diaryl/α,β-unsaturated/α-hetero) is 1. The number of carboxylic acids is 1. The first-order valence-corrected chi connectivity index (χ1v) is 8.72. The molecule has 21 heavy (non-hydrogen) atoms. The first-order chi connectivity index (χ1) is 9.90. The highest BCUT2D eigenvalue weighted by Gasteiger charge is 2.31. The summed E-state index contributed by atoms with van der Waals surface area (Å²) in [6.07, 6.45) is 3.97. The third-order valence-corrected chi connectivity index (χ3v) is 5.32. The topological polar surface area (TPSA) is 77.4 Å². The molecule has 1 aromatic rings. The Hall–Kier alpha value is -1.04. The highest BCUT2D eigenvalue weighted by Crippen LogP contribution is 2.34. The van der Waals surface area contributed by atoms with Crippen LogP contribution in [0.3, 0.4) is 0 Å². The predicted octanol–water partition coefficient (Wildman–Crippen LogP) is 3.00. The summed E-state index contributed by atoms with van der Waals surface area (Å²) in [5.74, 6) is -1.74. The first kappa shape index (κ1) is 16.3. The van der Waals surface area contributed by atoms with Crippen molar-refractivity contribution < 1.29 is 19.2 Å². The maximum absolute atomic E-state index is 11.7. The number of ketones is 1. The van der Waals surface area contributed by atoms with Crippen molar-refractivity contribution in [2.45, 2.75) is 36.5 Å². The number of halogens is 1. The van der Waals surface area contributed by atoms with Crippen LogP contribution in [0, 0.1) is 5.92 Å². The fourth-order valence-electron chi connectivity index (χ4n) is 2.77. The van der Waals surface area contributed by atoms with Crippen LogP contribution in [-0.4, -0.2) is 27.7 Å². The van der Waals surface area contributed by atoms with Crippen molar-refractivity contribution in [2.75, 3.05) is 6.26 Å². The minimum atomic E-state index is -1.22. The van der Waals surface area contributed by atoms with Crippen molar-refractivity contribution in [3.63, 3.8) is 0 Å². The van der Waals surface area contributed by atoms with E-state index >= 15 is 0 Å². The van der Waals surface area contributed by atoms with Crippen LogP contribution in [-0.2, 0) is 20.8 Å². The van der Waals surface area contributed by atoms with Gasteiger partial charge in [-0.2, -0.15) is 0 Å². The molecule has 114 valence electrons. The number of carboxylic acid groups (broad SMARTS) is 1. The van der Waals surface area contributed by atoms with Crippen molar-refractivity contribution in [1.29, 1.82) is 0 Å². The molecule has 0 heterocycles. The second-order valence-corrected chi connectivity index (χ2v) is 7.08. The van der Waals surface area contributed by atoms with Gasteiger partial charge in [-0.05, 0) is 48.1 Å². The summed E-state index contributed by atoms with van der Waals surface area (Å²) >= 11 is 4.85. The third kappa shape index (κ3) is 3.78. The molecule has 1 saturated carbocycles. The van der Waals surface area contributed by atoms with Gasteiger partial charge in [-0.15, -0.1) is 0 Å². The summed E-state index contributed by atoms with van der Waals surface area (Å²) in [7, 11) is 0. The zero-order valence-electron chi connectivity index (χ0n) is 11.7. The molecule has 1 aromatic carbocycles. The Morgan fingerprint density at radius 2 is 2.29 bits per heavy atom. The summed E-state index contributed by atoms with van der Waals surface area (Å²) in [5, 5.41) is 9.73. The lowest BCUT2D eigenvalue weighted by atomic mass is 9.87. The zero-order valence-corrected chi connectivity index (χ0v) is 13.2. The molecular formula is C15H17ClO4S. The number of benzene rings is 1. The molecule has 2 rings (SSSR count). The van der Waals surface area contributed by atoms with Gasteiger partial charge in [-0.3, -0.25) is 9.59 Å². The lowest BCUT2D eigenvalue weighted by Crippen LogP contribution is -2.18. The average molecular weight is 329 g/mol. The second kappa shape index (κ2) is 6.81. The molecule has 0 amide bonds. The molecular weight excluding hydrogens is 312 g/mol. The number of carbonyl (C=O) groups excluding carboxylic acids is 1. The standard InChI is InChI=1S/C15H17ClO4S/c1-21(20)14-6-5-9(8-12(14)16)11(15(18)19)7-10-3-2-4-13(10)17/h5-6,8,10-11H,2-4,7H2,1H3,(H,18,19)/t10?,11-,21?/m1/s1. The number of hydrogen-bond donors (Lipinski definition) is 1. The lowest BCUT2D eigenvalue weighted by Gasteiger charge is -2.17. The van der Waals surface area contributed by atoms with Crippen molar-refractivity contribution in [2.24, 2.45) is 5.92 Å². The van der Waals surface area contributed by atoms with Gasteiger partial charge in [-0.1, -0.05) is 17.7 Å². The van der Waals surface area contributed by atoms with Crippen LogP contribution in [0.5, 0.6) is 0 Å². The third-order valence-electron chi connectivity index (χ3n) is 3.92. The molecule has 0 radical (unpaired) electrons. The summed E-state index contributed by atoms with van der Waals surface area (Å²) in [5.41, 5.74) is 0.557. The Bertz CT molecular complexity index is 559. The summed E-state index contributed by atoms with van der Waals surface area (Å²) in [4.78, 5) is 23.7. The highest BCUT2D eigenvalue weighted by molar-refractivity contribution is 7.90. The van der Waals surface area contributed by atoms with Crippen LogP contribution in [0.1, 0.15) is 37.2 Å². The van der Waals surface area contributed by atoms with E-state index < -0.39 is 23.1 Å². The average Bonchev–Trinajstić information content (AvgIpc) is 2.80. The minimum absolute atomic E-state index is 0.152. The largest absolute Gasteiger partial charge is 0.612 e. The minimum Gasteiger partial charge on any atom is -0.612 e. The number of rotatable bonds is 5. The fraction of sp³-hybridized carbons (Fsp3) is 0.467. The summed E-state index contributed by atoms with van der Waals surface area (Å²) < 4.78 is 11.5. The Kier molecular flexibility index (Phi) is 5.30. The van der Waals surface area contributed by atoms with Gasteiger partial charge in [0.15, 0.2) is 4.90 Å². The van der Waals surface area contributed by atoms with Gasteiger partial charge in [0.2, 0.25) is 0 Å². The van der Waals surface area contributed by atoms with Gasteiger partial charge in [0.1, 0.15) is 12.0 Å². The SMILES string of the molecule is C[S+]([O-])c1ccc([C@@H](CC2CCCC2=O)C(=O)O)cc1Cl. The Labute approximate surface area is 131 Å². The van der Waals surface area contributed by atoms with Crippen LogP contribution in [0.15, 0.2) is 23.1 Å². The zero-order chi connectivity index (χ0) is 15.6. The van der Waals surface area contributed by atoms with Gasteiger partial charge in [0.25, 0.3) is 0 Å². The summed E-state index contributed by atoms with van der Waals surface area (Å²) in [6, 6.07) is 4.79. The molecule has 3 atom stereocenters. The van der Waals surface area contributed by atoms with Crippen molar-refractivity contribution in [3.8, 4) is 0 Å². The van der Waals surface area contributed by atoms with Crippen molar-refractivity contribution in [1.82, 2.24) is 0 Å². The molecule has 4 nitrogen and oxygen atoms in total. The molecule has 1 aliphatic rings. The van der Waals surface area contributed by atoms with E-state index in [0.717, 1.165) is 12.8 Å². The van der Waals surface area contributed by atoms with E-state index in [9.17, 15) is 19.2 Å². The van der Waals surface area contributed by atoms with E-state index in [1.807, 2.05) is 0 Å². The molecule has 0 aliphatic heterocycles. The van der Waals surface area contributed by atoms with E-state index in [4.69, 9.17) is 11.6 Å². The van der Waals surface area contributed by atoms with Gasteiger partial charge < -0.3 is 9.66 Å². The van der Waals surface area contributed by atoms with Crippen LogP contribution in [0.4, 0.5) is 0 Å². The van der Waals surface area contributed by atoms with E-state index in [-0.39, 0.29) is 11.7 Å². The molecule has 2 unspecified atom stereocenters. The maximum Gasteiger partial charge on any atom is 0.310 e. The number of hydrogen-bond acceptors (Lipinski definition) is 3. The molecule has 0 spiro atoms. The van der Waals surface area contributed by atoms with E-state index in [1.54, 1.807) is 18.2 Å². The number of carbonyl (C=O) groups is 2. The molecule has 0 bridgehead atoms. The van der Waals surface area contributed by atoms with Crippen LogP contribution in [0.25, 0.3) is 0 Å². The predicted molar refractivity (Wildman–Crippen MR) is 81.1 cm³/mol. The van der Waals surface area contributed by atoms with Gasteiger partial charge in [0.05, 0.1) is 10.9 Å². The lowest BCUT2D eigenvalue weighted by molar-refractivity contribution is -0.139. The van der Waals surface area contributed by atoms with Gasteiger partial charge >= 0.3 is 5.97 Å². The second-order valence-electron chi connectivity index (χ2n) is 5.33. The normalized spacial score (nSPS) is 21.3. The number of aliphatic carboxylic acids is 1. The molecule has 1 fully saturated rings. The van der Waals surface area contributed by atoms with E-state index in [0.29, 0.717) is 28.3 Å². The van der Waals surface area contributed by atoms with Crippen LogP contribution in [0.2, 0.25) is 5.02 Å². The fourth-order valence-corrected chi connectivity index (χ4v) is 3.88. The Morgan fingerprint density at radius 1 is 1.57 bits per heavy atom. The molecule has 0 aromatic heterocycles. The van der Waals surface area contributed by atoms with E-state index in [2.05, 4.69) is 0 Å². The van der Waals surface area contributed by atoms with Gasteiger partial charge in [0, 0.05) is 12.3 Å². The molecule has 6 heteroatoms. The quantitative estimate of drug-likeness (QED) is 0.843. The highest BCUT2D eigenvalue weighted by atomic mass is 35.5. The van der Waals surface area contributed by atoms with Crippen molar-refractivity contribution >= 4 is 34.5 Å². The summed E-state index contributed by atoms with van der Waals surface area (Å²) in [6.45, 7) is 0. The van der Waals surface area contributed by atoms with Crippen LogP contribution < -0.4 is 0 Å². The molecule has 0 saturated heterocycles. The Balaban J connectivity index is 2.24. The van der Waals surface area contributed by atoms with Gasteiger partial charge in [-0.25, -0.2) is 0 Å². The van der Waals surface area contributed by atoms with Crippen LogP contribution >= 0.6 is 11.6 Å². The molecule has 1 aliphatic carbocycles. The van der Waals surface area contributed by atoms with E-state index in [1.165, 1.54) is 6.26 Å².